The number of aromatic nitrogens is 2. The van der Waals surface area contributed by atoms with Gasteiger partial charge in [0.15, 0.2) is 13.2 Å². The van der Waals surface area contributed by atoms with Crippen LogP contribution in [-0.4, -0.2) is 35.7 Å². The maximum absolute atomic E-state index is 11.9. The van der Waals surface area contributed by atoms with Crippen LogP contribution < -0.4 is 15.2 Å². The Kier molecular flexibility index (Phi) is 5.85. The Morgan fingerprint density at radius 3 is 2.57 bits per heavy atom. The van der Waals surface area contributed by atoms with E-state index < -0.39 is 18.5 Å². The zero-order chi connectivity index (χ0) is 19.9. The quantitative estimate of drug-likeness (QED) is 0.585. The molecule has 9 heteroatoms. The standard InChI is InChI=1S/C19H17N3O6/c1-25-13-8-6-12(7-9-13)19-21-16(28-22-19)10-27-17(23)11-26-15-5-3-2-4-14(15)18(20)24/h2-9H,10-11H2,1H3,(H2,20,24). The molecule has 0 aliphatic carbocycles. The highest BCUT2D eigenvalue weighted by atomic mass is 16.6. The molecular weight excluding hydrogens is 366 g/mol. The van der Waals surface area contributed by atoms with Crippen molar-refractivity contribution < 1.29 is 28.3 Å². The number of primary amides is 1. The van der Waals surface area contributed by atoms with E-state index in [1.807, 2.05) is 0 Å². The molecule has 0 aliphatic rings. The Labute approximate surface area is 160 Å². The minimum atomic E-state index is -0.663. The van der Waals surface area contributed by atoms with Gasteiger partial charge in [0, 0.05) is 5.56 Å². The summed E-state index contributed by atoms with van der Waals surface area (Å²) in [7, 11) is 1.58. The van der Waals surface area contributed by atoms with E-state index in [0.29, 0.717) is 11.6 Å². The second kappa shape index (κ2) is 8.67. The third kappa shape index (κ3) is 4.64. The minimum absolute atomic E-state index is 0.136. The van der Waals surface area contributed by atoms with Gasteiger partial charge in [0.25, 0.3) is 11.8 Å². The van der Waals surface area contributed by atoms with Crippen molar-refractivity contribution in [3.05, 3.63) is 60.0 Å². The van der Waals surface area contributed by atoms with Crippen LogP contribution in [0.1, 0.15) is 16.2 Å². The lowest BCUT2D eigenvalue weighted by molar-refractivity contribution is -0.148. The van der Waals surface area contributed by atoms with Crippen LogP contribution in [-0.2, 0) is 16.1 Å². The molecule has 1 aromatic heterocycles. The molecule has 144 valence electrons. The predicted molar refractivity (Wildman–Crippen MR) is 96.5 cm³/mol. The number of carbonyl (C=O) groups is 2. The van der Waals surface area contributed by atoms with E-state index in [1.54, 1.807) is 43.5 Å². The zero-order valence-corrected chi connectivity index (χ0v) is 15.0. The third-order valence-corrected chi connectivity index (χ3v) is 3.67. The minimum Gasteiger partial charge on any atom is -0.497 e. The van der Waals surface area contributed by atoms with Gasteiger partial charge in [0.05, 0.1) is 12.7 Å². The lowest BCUT2D eigenvalue weighted by Gasteiger charge is -2.08. The fourth-order valence-electron chi connectivity index (χ4n) is 2.29. The van der Waals surface area contributed by atoms with Crippen molar-refractivity contribution in [2.24, 2.45) is 5.73 Å². The molecule has 0 bridgehead atoms. The fourth-order valence-corrected chi connectivity index (χ4v) is 2.29. The van der Waals surface area contributed by atoms with E-state index in [2.05, 4.69) is 10.1 Å². The van der Waals surface area contributed by atoms with Crippen LogP contribution in [0, 0.1) is 0 Å². The van der Waals surface area contributed by atoms with Crippen molar-refractivity contribution >= 4 is 11.9 Å². The first-order chi connectivity index (χ1) is 13.6. The van der Waals surface area contributed by atoms with E-state index in [0.717, 1.165) is 5.56 Å². The van der Waals surface area contributed by atoms with Crippen LogP contribution in [0.3, 0.4) is 0 Å². The first kappa shape index (κ1) is 18.9. The molecule has 3 rings (SSSR count). The largest absolute Gasteiger partial charge is 0.497 e. The normalized spacial score (nSPS) is 10.3. The van der Waals surface area contributed by atoms with Crippen LogP contribution in [0.4, 0.5) is 0 Å². The highest BCUT2D eigenvalue weighted by molar-refractivity contribution is 5.95. The second-order valence-corrected chi connectivity index (χ2v) is 5.55. The van der Waals surface area contributed by atoms with Gasteiger partial charge in [0.1, 0.15) is 11.5 Å². The number of carbonyl (C=O) groups excluding carboxylic acids is 2. The van der Waals surface area contributed by atoms with Gasteiger partial charge in [-0.1, -0.05) is 17.3 Å². The summed E-state index contributed by atoms with van der Waals surface area (Å²) in [5.74, 6) is 0.0900. The lowest BCUT2D eigenvalue weighted by atomic mass is 10.2. The van der Waals surface area contributed by atoms with E-state index >= 15 is 0 Å². The summed E-state index contributed by atoms with van der Waals surface area (Å²) in [5, 5.41) is 3.84. The molecule has 1 amide bonds. The Morgan fingerprint density at radius 1 is 1.11 bits per heavy atom. The Balaban J connectivity index is 1.52. The molecule has 0 atom stereocenters. The first-order valence-electron chi connectivity index (χ1n) is 8.21. The molecule has 3 aromatic rings. The Bertz CT molecular complexity index is 968. The molecule has 2 aromatic carbocycles. The summed E-state index contributed by atoms with van der Waals surface area (Å²) in [6, 6.07) is 13.4. The topological polar surface area (TPSA) is 127 Å². The summed E-state index contributed by atoms with van der Waals surface area (Å²) in [6.45, 7) is -0.605. The van der Waals surface area contributed by atoms with Gasteiger partial charge in [-0.05, 0) is 36.4 Å². The average Bonchev–Trinajstić information content (AvgIpc) is 3.20. The summed E-state index contributed by atoms with van der Waals surface area (Å²) in [5.41, 5.74) is 6.16. The molecule has 0 radical (unpaired) electrons. The van der Waals surface area contributed by atoms with E-state index in [4.69, 9.17) is 24.5 Å². The van der Waals surface area contributed by atoms with E-state index in [9.17, 15) is 9.59 Å². The average molecular weight is 383 g/mol. The van der Waals surface area contributed by atoms with Gasteiger partial charge in [-0.25, -0.2) is 4.79 Å². The third-order valence-electron chi connectivity index (χ3n) is 3.67. The Morgan fingerprint density at radius 2 is 1.86 bits per heavy atom. The maximum atomic E-state index is 11.9. The zero-order valence-electron chi connectivity index (χ0n) is 15.0. The molecule has 0 saturated heterocycles. The summed E-state index contributed by atoms with van der Waals surface area (Å²) in [6.07, 6.45) is 0. The number of ether oxygens (including phenoxy) is 3. The summed E-state index contributed by atoms with van der Waals surface area (Å²) < 4.78 is 20.5. The van der Waals surface area contributed by atoms with Gasteiger partial charge in [0.2, 0.25) is 5.82 Å². The van der Waals surface area contributed by atoms with Crippen LogP contribution in [0.2, 0.25) is 0 Å². The first-order valence-corrected chi connectivity index (χ1v) is 8.21. The molecular formula is C19H17N3O6. The smallest absolute Gasteiger partial charge is 0.344 e. The van der Waals surface area contributed by atoms with Gasteiger partial charge in [-0.2, -0.15) is 4.98 Å². The molecule has 0 unspecified atom stereocenters. The van der Waals surface area contributed by atoms with Crippen molar-refractivity contribution in [3.63, 3.8) is 0 Å². The maximum Gasteiger partial charge on any atom is 0.344 e. The molecule has 9 nitrogen and oxygen atoms in total. The second-order valence-electron chi connectivity index (χ2n) is 5.55. The number of rotatable bonds is 8. The number of para-hydroxylation sites is 1. The molecule has 28 heavy (non-hydrogen) atoms. The lowest BCUT2D eigenvalue weighted by Crippen LogP contribution is -2.18. The predicted octanol–water partition coefficient (Wildman–Crippen LogP) is 1.97. The number of methoxy groups -OCH3 is 1. The SMILES string of the molecule is COc1ccc(-c2noc(COC(=O)COc3ccccc3C(N)=O)n2)cc1. The van der Waals surface area contributed by atoms with Crippen molar-refractivity contribution in [1.29, 1.82) is 0 Å². The van der Waals surface area contributed by atoms with Gasteiger partial charge in [-0.3, -0.25) is 4.79 Å². The van der Waals surface area contributed by atoms with Gasteiger partial charge in [-0.15, -0.1) is 0 Å². The highest BCUT2D eigenvalue weighted by Gasteiger charge is 2.14. The molecule has 0 saturated carbocycles. The number of nitrogens with zero attached hydrogens (tertiary/aromatic N) is 2. The Hall–Kier alpha value is -3.88. The van der Waals surface area contributed by atoms with E-state index in [1.165, 1.54) is 12.1 Å². The van der Waals surface area contributed by atoms with Crippen LogP contribution in [0.5, 0.6) is 11.5 Å². The van der Waals surface area contributed by atoms with Crippen molar-refractivity contribution in [2.45, 2.75) is 6.61 Å². The summed E-state index contributed by atoms with van der Waals surface area (Å²) >= 11 is 0. The van der Waals surface area contributed by atoms with Crippen molar-refractivity contribution in [3.8, 4) is 22.9 Å². The van der Waals surface area contributed by atoms with Crippen molar-refractivity contribution in [1.82, 2.24) is 10.1 Å². The number of benzene rings is 2. The number of amides is 1. The van der Waals surface area contributed by atoms with Crippen molar-refractivity contribution in [2.75, 3.05) is 13.7 Å². The van der Waals surface area contributed by atoms with Gasteiger partial charge >= 0.3 is 5.97 Å². The highest BCUT2D eigenvalue weighted by Crippen LogP contribution is 2.20. The number of nitrogens with two attached hydrogens (primary N) is 1. The van der Waals surface area contributed by atoms with E-state index in [-0.39, 0.29) is 23.8 Å². The molecule has 0 spiro atoms. The monoisotopic (exact) mass is 383 g/mol. The number of hydrogen-bond donors (Lipinski definition) is 1. The van der Waals surface area contributed by atoms with Crippen LogP contribution >= 0.6 is 0 Å². The number of hydrogen-bond acceptors (Lipinski definition) is 8. The fraction of sp³-hybridized carbons (Fsp3) is 0.158. The molecule has 2 N–H and O–H groups in total. The van der Waals surface area contributed by atoms with Crippen LogP contribution in [0.15, 0.2) is 53.1 Å². The number of esters is 1. The van der Waals surface area contributed by atoms with Crippen LogP contribution in [0.25, 0.3) is 11.4 Å². The van der Waals surface area contributed by atoms with Gasteiger partial charge < -0.3 is 24.5 Å². The molecule has 0 aliphatic heterocycles. The molecule has 0 fully saturated rings. The summed E-state index contributed by atoms with van der Waals surface area (Å²) in [4.78, 5) is 27.3. The molecule has 1 heterocycles.